The van der Waals surface area contributed by atoms with E-state index in [9.17, 15) is 18.4 Å². The van der Waals surface area contributed by atoms with Gasteiger partial charge in [0.25, 0.3) is 0 Å². The predicted molar refractivity (Wildman–Crippen MR) is 104 cm³/mol. The zero-order chi connectivity index (χ0) is 21.0. The number of carbonyl (C=O) groups excluding carboxylic acids is 2. The number of ether oxygens (including phenoxy) is 2. The van der Waals surface area contributed by atoms with E-state index in [1.165, 1.54) is 23.5 Å². The van der Waals surface area contributed by atoms with E-state index >= 15 is 0 Å². The highest BCUT2D eigenvalue weighted by Gasteiger charge is 2.43. The van der Waals surface area contributed by atoms with Crippen LogP contribution in [-0.4, -0.2) is 27.4 Å². The first-order valence-electron chi connectivity index (χ1n) is 9.40. The maximum absolute atomic E-state index is 13.3. The van der Waals surface area contributed by atoms with Crippen molar-refractivity contribution in [1.29, 1.82) is 0 Å². The van der Waals surface area contributed by atoms with E-state index in [-0.39, 0.29) is 35.5 Å². The first-order chi connectivity index (χ1) is 14.3. The molecule has 6 nitrogen and oxygen atoms in total. The summed E-state index contributed by atoms with van der Waals surface area (Å²) in [6.45, 7) is 1.81. The average molecular weight is 430 g/mol. The SMILES string of the molecule is Cc1nc(CC(=O)C2CCC(=O)c3cccn32)sc1-c1ccc2c(c1)OC(F)(F)O2. The Balaban J connectivity index is 1.38. The molecular weight excluding hydrogens is 414 g/mol. The molecule has 0 bridgehead atoms. The average Bonchev–Trinajstić information content (AvgIpc) is 3.37. The minimum Gasteiger partial charge on any atom is -0.395 e. The molecule has 0 saturated heterocycles. The molecule has 0 fully saturated rings. The second-order valence-corrected chi connectivity index (χ2v) is 8.36. The van der Waals surface area contributed by atoms with E-state index in [2.05, 4.69) is 14.5 Å². The number of Topliss-reactive ketones (excluding diaryl/α,β-unsaturated/α-hetero) is 2. The zero-order valence-electron chi connectivity index (χ0n) is 15.9. The van der Waals surface area contributed by atoms with Gasteiger partial charge in [0.15, 0.2) is 23.1 Å². The van der Waals surface area contributed by atoms with Crippen molar-refractivity contribution in [3.05, 3.63) is 52.9 Å². The number of alkyl halides is 2. The van der Waals surface area contributed by atoms with Crippen LogP contribution >= 0.6 is 11.3 Å². The number of halogens is 2. The molecule has 0 amide bonds. The number of thiazole rings is 1. The molecule has 1 aromatic carbocycles. The lowest BCUT2D eigenvalue weighted by Gasteiger charge is -2.24. The fourth-order valence-electron chi connectivity index (χ4n) is 3.91. The van der Waals surface area contributed by atoms with Crippen molar-refractivity contribution in [2.24, 2.45) is 0 Å². The summed E-state index contributed by atoms with van der Waals surface area (Å²) >= 11 is 1.34. The summed E-state index contributed by atoms with van der Waals surface area (Å²) in [6.07, 6.45) is -0.933. The Bertz CT molecular complexity index is 1180. The molecule has 1 unspecified atom stereocenters. The smallest absolute Gasteiger partial charge is 0.395 e. The van der Waals surface area contributed by atoms with E-state index in [0.29, 0.717) is 34.8 Å². The fourth-order valence-corrected chi connectivity index (χ4v) is 4.98. The van der Waals surface area contributed by atoms with Crippen molar-refractivity contribution in [1.82, 2.24) is 9.55 Å². The standard InChI is InChI=1S/C21H16F2N2O4S/c1-11-20(12-4-7-17-18(9-12)29-21(22,23)28-17)30-19(24-11)10-16(27)14-5-6-15(26)13-3-2-8-25(13)14/h2-4,7-9,14H,5-6,10H2,1H3. The number of fused-ring (bicyclic) bond motifs is 2. The number of hydrogen-bond donors (Lipinski definition) is 0. The van der Waals surface area contributed by atoms with Crippen LogP contribution in [0.4, 0.5) is 8.78 Å². The van der Waals surface area contributed by atoms with Crippen molar-refractivity contribution in [2.75, 3.05) is 0 Å². The van der Waals surface area contributed by atoms with E-state index in [0.717, 1.165) is 4.88 Å². The zero-order valence-corrected chi connectivity index (χ0v) is 16.7. The molecule has 2 aromatic heterocycles. The van der Waals surface area contributed by atoms with Gasteiger partial charge in [-0.2, -0.15) is 0 Å². The van der Waals surface area contributed by atoms with Gasteiger partial charge in [0.2, 0.25) is 0 Å². The highest BCUT2D eigenvalue weighted by atomic mass is 32.1. The number of rotatable bonds is 4. The summed E-state index contributed by atoms with van der Waals surface area (Å²) < 4.78 is 37.2. The van der Waals surface area contributed by atoms with Gasteiger partial charge in [-0.3, -0.25) is 9.59 Å². The van der Waals surface area contributed by atoms with Crippen molar-refractivity contribution in [2.45, 2.75) is 38.5 Å². The van der Waals surface area contributed by atoms with Crippen LogP contribution in [0.25, 0.3) is 10.4 Å². The predicted octanol–water partition coefficient (Wildman–Crippen LogP) is 4.57. The lowest BCUT2D eigenvalue weighted by Crippen LogP contribution is -2.28. The number of aryl methyl sites for hydroxylation is 1. The molecule has 0 aliphatic carbocycles. The van der Waals surface area contributed by atoms with Crippen LogP contribution in [0.2, 0.25) is 0 Å². The van der Waals surface area contributed by atoms with Gasteiger partial charge < -0.3 is 14.0 Å². The molecule has 0 spiro atoms. The number of aromatic nitrogens is 2. The minimum atomic E-state index is -3.67. The number of ketones is 2. The third kappa shape index (κ3) is 3.19. The molecule has 0 N–H and O–H groups in total. The van der Waals surface area contributed by atoms with Crippen LogP contribution in [0.5, 0.6) is 11.5 Å². The maximum Gasteiger partial charge on any atom is 0.586 e. The molecule has 9 heteroatoms. The van der Waals surface area contributed by atoms with Crippen molar-refractivity contribution in [3.8, 4) is 21.9 Å². The molecule has 2 aliphatic heterocycles. The number of carbonyl (C=O) groups is 2. The normalized spacial score (nSPS) is 19.0. The Morgan fingerprint density at radius 3 is 2.93 bits per heavy atom. The second-order valence-electron chi connectivity index (χ2n) is 7.27. The topological polar surface area (TPSA) is 70.4 Å². The van der Waals surface area contributed by atoms with Gasteiger partial charge in [-0.1, -0.05) is 0 Å². The second kappa shape index (κ2) is 6.73. The lowest BCUT2D eigenvalue weighted by molar-refractivity contribution is -0.286. The van der Waals surface area contributed by atoms with Gasteiger partial charge in [0.1, 0.15) is 5.01 Å². The van der Waals surface area contributed by atoms with Crippen molar-refractivity contribution < 1.29 is 27.8 Å². The van der Waals surface area contributed by atoms with Crippen LogP contribution in [0.3, 0.4) is 0 Å². The van der Waals surface area contributed by atoms with Crippen molar-refractivity contribution in [3.63, 3.8) is 0 Å². The van der Waals surface area contributed by atoms with E-state index in [1.54, 1.807) is 29.0 Å². The first kappa shape index (κ1) is 18.9. The van der Waals surface area contributed by atoms with Crippen LogP contribution < -0.4 is 9.47 Å². The summed E-state index contributed by atoms with van der Waals surface area (Å²) in [5.74, 6) is -0.0129. The summed E-state index contributed by atoms with van der Waals surface area (Å²) in [5, 5.41) is 0.640. The van der Waals surface area contributed by atoms with Gasteiger partial charge in [-0.25, -0.2) is 4.98 Å². The highest BCUT2D eigenvalue weighted by molar-refractivity contribution is 7.15. The summed E-state index contributed by atoms with van der Waals surface area (Å²) in [7, 11) is 0. The molecular formula is C21H16F2N2O4S. The quantitative estimate of drug-likeness (QED) is 0.606. The molecule has 1 atom stereocenters. The highest BCUT2D eigenvalue weighted by Crippen LogP contribution is 2.44. The van der Waals surface area contributed by atoms with Crippen LogP contribution in [0.15, 0.2) is 36.5 Å². The fraction of sp³-hybridized carbons (Fsp3) is 0.286. The largest absolute Gasteiger partial charge is 0.586 e. The minimum absolute atomic E-state index is 0.00872. The van der Waals surface area contributed by atoms with Gasteiger partial charge in [-0.15, -0.1) is 20.1 Å². The van der Waals surface area contributed by atoms with Crippen LogP contribution in [-0.2, 0) is 11.2 Å². The number of benzene rings is 1. The Labute approximate surface area is 174 Å². The monoisotopic (exact) mass is 430 g/mol. The van der Waals surface area contributed by atoms with Crippen LogP contribution in [0.1, 0.15) is 40.1 Å². The molecule has 5 rings (SSSR count). The van der Waals surface area contributed by atoms with Gasteiger partial charge in [0.05, 0.1) is 28.7 Å². The molecule has 154 valence electrons. The Kier molecular flexibility index (Phi) is 4.25. The van der Waals surface area contributed by atoms with Crippen LogP contribution in [0, 0.1) is 6.92 Å². The summed E-state index contributed by atoms with van der Waals surface area (Å²) in [5.41, 5.74) is 1.93. The molecule has 0 saturated carbocycles. The molecule has 2 aliphatic rings. The third-order valence-electron chi connectivity index (χ3n) is 5.25. The van der Waals surface area contributed by atoms with Gasteiger partial charge in [-0.05, 0) is 49.2 Å². The molecule has 30 heavy (non-hydrogen) atoms. The van der Waals surface area contributed by atoms with E-state index in [1.807, 2.05) is 6.92 Å². The van der Waals surface area contributed by atoms with Gasteiger partial charge in [0, 0.05) is 12.6 Å². The van der Waals surface area contributed by atoms with E-state index < -0.39 is 6.29 Å². The lowest BCUT2D eigenvalue weighted by atomic mass is 9.97. The summed E-state index contributed by atoms with van der Waals surface area (Å²) in [6, 6.07) is 7.70. The Morgan fingerprint density at radius 2 is 2.10 bits per heavy atom. The Morgan fingerprint density at radius 1 is 1.30 bits per heavy atom. The molecule has 0 radical (unpaired) electrons. The summed E-state index contributed by atoms with van der Waals surface area (Å²) in [4.78, 5) is 30.2. The van der Waals surface area contributed by atoms with Crippen molar-refractivity contribution >= 4 is 22.9 Å². The number of nitrogens with zero attached hydrogens (tertiary/aromatic N) is 2. The molecule has 4 heterocycles. The first-order valence-corrected chi connectivity index (χ1v) is 10.2. The Hall–Kier alpha value is -3.07. The van der Waals surface area contributed by atoms with E-state index in [4.69, 9.17) is 0 Å². The molecule has 3 aromatic rings. The third-order valence-corrected chi connectivity index (χ3v) is 6.45. The van der Waals surface area contributed by atoms with Gasteiger partial charge >= 0.3 is 6.29 Å². The number of hydrogen-bond acceptors (Lipinski definition) is 6. The maximum atomic E-state index is 13.3.